The molecule has 2 aromatic heterocycles. The highest BCUT2D eigenvalue weighted by Crippen LogP contribution is 2.25. The quantitative estimate of drug-likeness (QED) is 0.355. The molecule has 11 heteroatoms. The van der Waals surface area contributed by atoms with Crippen LogP contribution in [-0.2, 0) is 6.54 Å². The molecule has 0 spiro atoms. The number of halogens is 5. The average molecular weight is 490 g/mol. The fraction of sp³-hybridized carbons (Fsp3) is 0.130. The summed E-state index contributed by atoms with van der Waals surface area (Å²) in [4.78, 5) is 25.4. The van der Waals surface area contributed by atoms with Crippen LogP contribution in [0.3, 0.4) is 0 Å². The largest absolute Gasteiger partial charge is 0.405 e. The summed E-state index contributed by atoms with van der Waals surface area (Å²) in [5, 5.41) is 5.35. The molecule has 2 aromatic carbocycles. The van der Waals surface area contributed by atoms with Gasteiger partial charge in [-0.1, -0.05) is 11.6 Å². The van der Waals surface area contributed by atoms with Gasteiger partial charge in [0.15, 0.2) is 5.82 Å². The summed E-state index contributed by atoms with van der Waals surface area (Å²) in [6.07, 6.45) is -1.33. The van der Waals surface area contributed by atoms with Crippen molar-refractivity contribution in [2.24, 2.45) is 0 Å². The Balaban J connectivity index is 1.71. The van der Waals surface area contributed by atoms with Crippen molar-refractivity contribution in [2.75, 3.05) is 11.9 Å². The molecule has 2 N–H and O–H groups in total. The van der Waals surface area contributed by atoms with Gasteiger partial charge in [-0.2, -0.15) is 13.2 Å². The van der Waals surface area contributed by atoms with E-state index >= 15 is 0 Å². The summed E-state index contributed by atoms with van der Waals surface area (Å²) in [7, 11) is 0. The number of hydrogen-bond donors (Lipinski definition) is 2. The van der Waals surface area contributed by atoms with Gasteiger partial charge in [0.25, 0.3) is 5.91 Å². The van der Waals surface area contributed by atoms with E-state index in [1.54, 1.807) is 24.5 Å². The monoisotopic (exact) mass is 489 g/mol. The second-order valence-corrected chi connectivity index (χ2v) is 7.66. The maximum Gasteiger partial charge on any atom is 0.405 e. The predicted molar refractivity (Wildman–Crippen MR) is 120 cm³/mol. The predicted octanol–water partition coefficient (Wildman–Crippen LogP) is 5.39. The van der Waals surface area contributed by atoms with Crippen molar-refractivity contribution in [3.05, 3.63) is 83.0 Å². The minimum absolute atomic E-state index is 0.0283. The second-order valence-electron chi connectivity index (χ2n) is 7.25. The van der Waals surface area contributed by atoms with Crippen LogP contribution in [0, 0.1) is 5.82 Å². The summed E-state index contributed by atoms with van der Waals surface area (Å²) in [5.74, 6) is -1.06. The molecule has 0 saturated carbocycles. The van der Waals surface area contributed by atoms with Crippen LogP contribution in [0.25, 0.3) is 22.3 Å². The molecule has 4 rings (SSSR count). The number of alkyl halides is 3. The molecular formula is C23H16ClF4N5O. The van der Waals surface area contributed by atoms with Gasteiger partial charge in [0.05, 0.1) is 22.8 Å². The molecular weight excluding hydrogens is 474 g/mol. The van der Waals surface area contributed by atoms with E-state index in [1.165, 1.54) is 36.4 Å². The van der Waals surface area contributed by atoms with Gasteiger partial charge in [0, 0.05) is 34.6 Å². The van der Waals surface area contributed by atoms with Crippen LogP contribution in [0.15, 0.2) is 60.9 Å². The Bertz CT molecular complexity index is 1350. The summed E-state index contributed by atoms with van der Waals surface area (Å²) >= 11 is 5.84. The molecule has 0 atom stereocenters. The molecule has 0 unspecified atom stereocenters. The highest BCUT2D eigenvalue weighted by Gasteiger charge is 2.28. The van der Waals surface area contributed by atoms with Crippen molar-refractivity contribution < 1.29 is 22.4 Å². The third-order valence-corrected chi connectivity index (χ3v) is 5.08. The number of benzene rings is 2. The smallest absolute Gasteiger partial charge is 0.379 e. The van der Waals surface area contributed by atoms with Crippen LogP contribution < -0.4 is 10.6 Å². The number of anilines is 1. The van der Waals surface area contributed by atoms with Gasteiger partial charge >= 0.3 is 6.18 Å². The number of fused-ring (bicyclic) bond motifs is 1. The first-order valence-electron chi connectivity index (χ1n) is 9.94. The normalized spacial score (nSPS) is 11.4. The number of nitrogens with one attached hydrogen (secondary N) is 2. The average Bonchev–Trinajstić information content (AvgIpc) is 2.82. The van der Waals surface area contributed by atoms with Crippen molar-refractivity contribution >= 4 is 34.1 Å². The molecule has 2 heterocycles. The molecule has 1 amide bonds. The summed E-state index contributed by atoms with van der Waals surface area (Å²) in [6.45, 7) is -1.30. The van der Waals surface area contributed by atoms with Crippen molar-refractivity contribution in [3.8, 4) is 11.4 Å². The summed E-state index contributed by atoms with van der Waals surface area (Å²) in [5.41, 5.74) is 2.16. The van der Waals surface area contributed by atoms with Crippen molar-refractivity contribution in [3.63, 3.8) is 0 Å². The molecule has 34 heavy (non-hydrogen) atoms. The first-order valence-corrected chi connectivity index (χ1v) is 10.3. The van der Waals surface area contributed by atoms with E-state index in [0.29, 0.717) is 33.7 Å². The molecule has 0 bridgehead atoms. The molecule has 0 fully saturated rings. The number of rotatable bonds is 6. The van der Waals surface area contributed by atoms with Crippen LogP contribution in [0.5, 0.6) is 0 Å². The van der Waals surface area contributed by atoms with Crippen LogP contribution in [0.4, 0.5) is 23.2 Å². The Morgan fingerprint density at radius 3 is 2.59 bits per heavy atom. The topological polar surface area (TPSA) is 79.8 Å². The third-order valence-electron chi connectivity index (χ3n) is 4.79. The van der Waals surface area contributed by atoms with Gasteiger partial charge in [0.2, 0.25) is 0 Å². The first kappa shape index (κ1) is 23.4. The number of pyridine rings is 1. The molecule has 0 saturated heterocycles. The lowest BCUT2D eigenvalue weighted by Gasteiger charge is -2.13. The lowest BCUT2D eigenvalue weighted by Crippen LogP contribution is -2.33. The molecule has 6 nitrogen and oxygen atoms in total. The minimum atomic E-state index is -4.53. The van der Waals surface area contributed by atoms with Crippen LogP contribution >= 0.6 is 11.6 Å². The van der Waals surface area contributed by atoms with Gasteiger partial charge in [-0.05, 0) is 48.5 Å². The van der Waals surface area contributed by atoms with Crippen molar-refractivity contribution in [2.45, 2.75) is 12.7 Å². The van der Waals surface area contributed by atoms with E-state index in [4.69, 9.17) is 11.6 Å². The van der Waals surface area contributed by atoms with E-state index in [2.05, 4.69) is 20.3 Å². The number of hydrogen-bond acceptors (Lipinski definition) is 5. The molecule has 0 aliphatic heterocycles. The Morgan fingerprint density at radius 2 is 1.88 bits per heavy atom. The van der Waals surface area contributed by atoms with Crippen LogP contribution in [0.1, 0.15) is 16.1 Å². The lowest BCUT2D eigenvalue weighted by molar-refractivity contribution is -0.123. The number of amides is 1. The molecule has 0 aliphatic carbocycles. The Kier molecular flexibility index (Phi) is 6.60. The minimum Gasteiger partial charge on any atom is -0.379 e. The fourth-order valence-electron chi connectivity index (χ4n) is 3.17. The van der Waals surface area contributed by atoms with Crippen molar-refractivity contribution in [1.82, 2.24) is 20.3 Å². The maximum atomic E-state index is 13.5. The number of nitrogens with zero attached hydrogens (tertiary/aromatic N) is 3. The highest BCUT2D eigenvalue weighted by atomic mass is 35.5. The van der Waals surface area contributed by atoms with Gasteiger partial charge in [-0.15, -0.1) is 0 Å². The Hall–Kier alpha value is -3.79. The SMILES string of the molecule is O=C(NCC(F)(F)F)c1ccc2nc(-c3cccnc3)nc(CNc3ccc(F)c(Cl)c3)c2c1. The van der Waals surface area contributed by atoms with E-state index in [-0.39, 0.29) is 17.1 Å². The zero-order chi connectivity index (χ0) is 24.3. The van der Waals surface area contributed by atoms with E-state index in [9.17, 15) is 22.4 Å². The maximum absolute atomic E-state index is 13.5. The zero-order valence-electron chi connectivity index (χ0n) is 17.3. The molecule has 4 aromatic rings. The van der Waals surface area contributed by atoms with Crippen LogP contribution in [-0.4, -0.2) is 33.6 Å². The first-order chi connectivity index (χ1) is 16.2. The Morgan fingerprint density at radius 1 is 1.06 bits per heavy atom. The van der Waals surface area contributed by atoms with E-state index in [0.717, 1.165) is 0 Å². The zero-order valence-corrected chi connectivity index (χ0v) is 18.1. The third kappa shape index (κ3) is 5.57. The number of aromatic nitrogens is 3. The number of carbonyl (C=O) groups is 1. The number of carbonyl (C=O) groups excluding carboxylic acids is 1. The van der Waals surface area contributed by atoms with Crippen LogP contribution in [0.2, 0.25) is 5.02 Å². The molecule has 0 radical (unpaired) electrons. The van der Waals surface area contributed by atoms with E-state index in [1.807, 2.05) is 5.32 Å². The summed E-state index contributed by atoms with van der Waals surface area (Å²) < 4.78 is 50.9. The standard InChI is InChI=1S/C23H16ClF4N5O/c24-17-9-15(4-5-18(17)25)30-11-20-16-8-13(22(34)31-12-23(26,27)28)3-6-19(16)32-21(33-20)14-2-1-7-29-10-14/h1-10,30H,11-12H2,(H,31,34). The van der Waals surface area contributed by atoms with Gasteiger partial charge in [0.1, 0.15) is 12.4 Å². The second kappa shape index (κ2) is 9.60. The Labute approximate surface area is 196 Å². The molecule has 0 aliphatic rings. The van der Waals surface area contributed by atoms with Crippen molar-refractivity contribution in [1.29, 1.82) is 0 Å². The summed E-state index contributed by atoms with van der Waals surface area (Å²) in [6, 6.07) is 12.0. The van der Waals surface area contributed by atoms with Gasteiger partial charge in [-0.25, -0.2) is 14.4 Å². The van der Waals surface area contributed by atoms with Gasteiger partial charge < -0.3 is 10.6 Å². The lowest BCUT2D eigenvalue weighted by atomic mass is 10.1. The molecule has 174 valence electrons. The van der Waals surface area contributed by atoms with Gasteiger partial charge in [-0.3, -0.25) is 9.78 Å². The van der Waals surface area contributed by atoms with E-state index < -0.39 is 24.4 Å². The fourth-order valence-corrected chi connectivity index (χ4v) is 3.35. The highest BCUT2D eigenvalue weighted by molar-refractivity contribution is 6.31.